The first-order valence-electron chi connectivity index (χ1n) is 9.02. The molecule has 4 rings (SSSR count). The zero-order valence-corrected chi connectivity index (χ0v) is 17.0. The van der Waals surface area contributed by atoms with E-state index in [0.717, 1.165) is 17.3 Å². The van der Waals surface area contributed by atoms with E-state index in [-0.39, 0.29) is 12.5 Å². The zero-order valence-electron chi connectivity index (χ0n) is 16.2. The molecule has 0 saturated carbocycles. The summed E-state index contributed by atoms with van der Waals surface area (Å²) in [6.45, 7) is 1.28. The molecule has 0 radical (unpaired) electrons. The molecule has 152 valence electrons. The molecule has 0 atom stereocenters. The molecule has 0 aliphatic carbocycles. The Morgan fingerprint density at radius 1 is 1.14 bits per heavy atom. The number of rotatable bonds is 4. The van der Waals surface area contributed by atoms with Crippen molar-refractivity contribution in [3.8, 4) is 11.5 Å². The molecule has 1 N–H and O–H groups in total. The molecular weight excluding hydrogens is 394 g/mol. The lowest BCUT2D eigenvalue weighted by atomic mass is 10.2. The molecule has 8 heteroatoms. The van der Waals surface area contributed by atoms with Gasteiger partial charge in [-0.25, -0.2) is 0 Å². The number of ether oxygens (including phenoxy) is 2. The van der Waals surface area contributed by atoms with Crippen molar-refractivity contribution in [2.45, 2.75) is 6.54 Å². The standard InChI is InChI=1S/C18H15ClN2O3.C3H7NO/c19-13-1-3-15-12(9-13)5-6-21(15)11-18(22)20-14-2-4-16-17(10-14)24-8-7-23-16;1-4(2)3-5/h1-6,9-10H,7-8,11H2,(H,20,22);3H,1-2H3. The largest absolute Gasteiger partial charge is 0.486 e. The molecule has 2 amide bonds. The number of hydrogen-bond acceptors (Lipinski definition) is 4. The second-order valence-corrected chi connectivity index (χ2v) is 7.06. The van der Waals surface area contributed by atoms with Crippen LogP contribution in [0.5, 0.6) is 11.5 Å². The summed E-state index contributed by atoms with van der Waals surface area (Å²) < 4.78 is 12.9. The third-order valence-electron chi connectivity index (χ3n) is 4.08. The Morgan fingerprint density at radius 3 is 2.59 bits per heavy atom. The molecule has 3 aromatic rings. The average Bonchev–Trinajstić information content (AvgIpc) is 3.09. The Labute approximate surface area is 173 Å². The van der Waals surface area contributed by atoms with E-state index in [2.05, 4.69) is 5.32 Å². The average molecular weight is 416 g/mol. The molecule has 0 bridgehead atoms. The number of aromatic nitrogens is 1. The van der Waals surface area contributed by atoms with E-state index in [1.54, 1.807) is 32.3 Å². The highest BCUT2D eigenvalue weighted by Crippen LogP contribution is 2.32. The van der Waals surface area contributed by atoms with Crippen molar-refractivity contribution in [3.05, 3.63) is 53.7 Å². The summed E-state index contributed by atoms with van der Waals surface area (Å²) in [6, 6.07) is 12.9. The van der Waals surface area contributed by atoms with Crippen LogP contribution in [0.15, 0.2) is 48.7 Å². The molecule has 0 saturated heterocycles. The number of carbonyl (C=O) groups excluding carboxylic acids is 2. The van der Waals surface area contributed by atoms with Gasteiger partial charge in [-0.15, -0.1) is 0 Å². The normalized spacial score (nSPS) is 12.0. The highest BCUT2D eigenvalue weighted by molar-refractivity contribution is 6.31. The van der Waals surface area contributed by atoms with Crippen LogP contribution < -0.4 is 14.8 Å². The molecule has 0 fully saturated rings. The van der Waals surface area contributed by atoms with E-state index in [9.17, 15) is 9.59 Å². The first-order valence-corrected chi connectivity index (χ1v) is 9.39. The molecule has 0 unspecified atom stereocenters. The predicted octanol–water partition coefficient (Wildman–Crippen LogP) is 3.41. The highest BCUT2D eigenvalue weighted by atomic mass is 35.5. The molecule has 1 aliphatic rings. The summed E-state index contributed by atoms with van der Waals surface area (Å²) in [4.78, 5) is 23.2. The Hall–Kier alpha value is -3.19. The van der Waals surface area contributed by atoms with Gasteiger partial charge in [0.15, 0.2) is 11.5 Å². The van der Waals surface area contributed by atoms with E-state index < -0.39 is 0 Å². The van der Waals surface area contributed by atoms with Crippen molar-refractivity contribution in [1.82, 2.24) is 9.47 Å². The van der Waals surface area contributed by atoms with Gasteiger partial charge < -0.3 is 24.3 Å². The number of hydrogen-bond donors (Lipinski definition) is 1. The number of nitrogens with one attached hydrogen (secondary N) is 1. The van der Waals surface area contributed by atoms with Gasteiger partial charge in [0.05, 0.1) is 0 Å². The van der Waals surface area contributed by atoms with E-state index >= 15 is 0 Å². The molecule has 2 heterocycles. The smallest absolute Gasteiger partial charge is 0.244 e. The number of amides is 2. The molecule has 29 heavy (non-hydrogen) atoms. The fourth-order valence-corrected chi connectivity index (χ4v) is 2.97. The van der Waals surface area contributed by atoms with E-state index in [0.29, 0.717) is 35.4 Å². The quantitative estimate of drug-likeness (QED) is 0.663. The van der Waals surface area contributed by atoms with Gasteiger partial charge in [0.2, 0.25) is 12.3 Å². The van der Waals surface area contributed by atoms with Crippen molar-refractivity contribution in [2.24, 2.45) is 0 Å². The van der Waals surface area contributed by atoms with Gasteiger partial charge in [0.1, 0.15) is 19.8 Å². The molecule has 7 nitrogen and oxygen atoms in total. The second-order valence-electron chi connectivity index (χ2n) is 6.62. The predicted molar refractivity (Wildman–Crippen MR) is 113 cm³/mol. The van der Waals surface area contributed by atoms with Crippen LogP contribution in [0.1, 0.15) is 0 Å². The van der Waals surface area contributed by atoms with Gasteiger partial charge in [-0.1, -0.05) is 11.6 Å². The van der Waals surface area contributed by atoms with Gasteiger partial charge in [-0.2, -0.15) is 0 Å². The van der Waals surface area contributed by atoms with E-state index in [1.807, 2.05) is 35.0 Å². The van der Waals surface area contributed by atoms with Crippen LogP contribution >= 0.6 is 11.6 Å². The molecule has 1 aromatic heterocycles. The zero-order chi connectivity index (χ0) is 20.8. The van der Waals surface area contributed by atoms with Crippen molar-refractivity contribution >= 4 is 40.5 Å². The number of benzene rings is 2. The van der Waals surface area contributed by atoms with E-state index in [1.165, 1.54) is 4.90 Å². The van der Waals surface area contributed by atoms with E-state index in [4.69, 9.17) is 21.1 Å². The first-order chi connectivity index (χ1) is 14.0. The lowest BCUT2D eigenvalue weighted by molar-refractivity contribution is -0.117. The van der Waals surface area contributed by atoms with Crippen LogP contribution in [0.4, 0.5) is 5.69 Å². The topological polar surface area (TPSA) is 72.8 Å². The summed E-state index contributed by atoms with van der Waals surface area (Å²) in [5, 5.41) is 4.58. The maximum atomic E-state index is 12.3. The van der Waals surface area contributed by atoms with Gasteiger partial charge in [-0.05, 0) is 36.4 Å². The maximum absolute atomic E-state index is 12.3. The van der Waals surface area contributed by atoms with Crippen molar-refractivity contribution in [1.29, 1.82) is 0 Å². The number of anilines is 1. The molecule has 1 aliphatic heterocycles. The summed E-state index contributed by atoms with van der Waals surface area (Å²) in [5.74, 6) is 1.24. The van der Waals surface area contributed by atoms with Gasteiger partial charge in [0, 0.05) is 48.0 Å². The molecule has 2 aromatic carbocycles. The summed E-state index contributed by atoms with van der Waals surface area (Å²) >= 11 is 5.99. The van der Waals surface area contributed by atoms with Gasteiger partial charge >= 0.3 is 0 Å². The van der Waals surface area contributed by atoms with Crippen LogP contribution in [0, 0.1) is 0 Å². The van der Waals surface area contributed by atoms with Gasteiger partial charge in [-0.3, -0.25) is 9.59 Å². The Balaban J connectivity index is 0.000000431. The minimum atomic E-state index is -0.112. The molecular formula is C21H22ClN3O4. The van der Waals surface area contributed by atoms with Crippen LogP contribution in [-0.4, -0.2) is 49.1 Å². The fraction of sp³-hybridized carbons (Fsp3) is 0.238. The van der Waals surface area contributed by atoms with Crippen molar-refractivity contribution < 1.29 is 19.1 Å². The summed E-state index contributed by atoms with van der Waals surface area (Å²) in [6.07, 6.45) is 2.63. The SMILES string of the molecule is CN(C)C=O.O=C(Cn1ccc2cc(Cl)ccc21)Nc1ccc2c(c1)OCCO2. The Bertz CT molecular complexity index is 1020. The third kappa shape index (κ3) is 5.42. The Morgan fingerprint density at radius 2 is 1.86 bits per heavy atom. The first kappa shape index (κ1) is 20.5. The number of fused-ring (bicyclic) bond motifs is 2. The van der Waals surface area contributed by atoms with Gasteiger partial charge in [0.25, 0.3) is 0 Å². The van der Waals surface area contributed by atoms with Crippen LogP contribution in [0.3, 0.4) is 0 Å². The fourth-order valence-electron chi connectivity index (χ4n) is 2.79. The summed E-state index contributed by atoms with van der Waals surface area (Å²) in [7, 11) is 3.38. The third-order valence-corrected chi connectivity index (χ3v) is 4.32. The highest BCUT2D eigenvalue weighted by Gasteiger charge is 2.13. The van der Waals surface area contributed by atoms with Crippen molar-refractivity contribution in [2.75, 3.05) is 32.6 Å². The monoisotopic (exact) mass is 415 g/mol. The molecule has 0 spiro atoms. The minimum Gasteiger partial charge on any atom is -0.486 e. The Kier molecular flexibility index (Phi) is 6.61. The van der Waals surface area contributed by atoms with Crippen molar-refractivity contribution in [3.63, 3.8) is 0 Å². The summed E-state index contributed by atoms with van der Waals surface area (Å²) in [5.41, 5.74) is 1.65. The lowest BCUT2D eigenvalue weighted by Gasteiger charge is -2.19. The number of nitrogens with zero attached hydrogens (tertiary/aromatic N) is 2. The number of halogens is 1. The lowest BCUT2D eigenvalue weighted by Crippen LogP contribution is -2.19. The number of carbonyl (C=O) groups is 2. The van der Waals surface area contributed by atoms with Crippen LogP contribution in [0.25, 0.3) is 10.9 Å². The van der Waals surface area contributed by atoms with Crippen LogP contribution in [-0.2, 0) is 16.1 Å². The maximum Gasteiger partial charge on any atom is 0.244 e. The second kappa shape index (κ2) is 9.34. The minimum absolute atomic E-state index is 0.112. The van der Waals surface area contributed by atoms with Crippen LogP contribution in [0.2, 0.25) is 5.02 Å².